The summed E-state index contributed by atoms with van der Waals surface area (Å²) >= 11 is 4.73. The van der Waals surface area contributed by atoms with Crippen molar-refractivity contribution in [1.29, 1.82) is 0 Å². The number of nitrogens with two attached hydrogens (primary N) is 1. The zero-order valence-electron chi connectivity index (χ0n) is 9.23. The lowest BCUT2D eigenvalue weighted by molar-refractivity contribution is -0.114. The number of nitrogens with zero attached hydrogens (tertiary/aromatic N) is 1. The van der Waals surface area contributed by atoms with E-state index in [1.54, 1.807) is 18.3 Å². The molecule has 0 unspecified atom stereocenters. The Kier molecular flexibility index (Phi) is 5.05. The SMILES string of the molecule is CC(=O)Nc1ccc(C=NNC(=S)NN)cc1. The van der Waals surface area contributed by atoms with E-state index in [0.29, 0.717) is 0 Å². The standard InChI is InChI=1S/C10H13N5OS/c1-7(16)13-9-4-2-8(3-5-9)6-12-15-10(17)14-11/h2-6H,11H2,1H3,(H,13,16)(H2,14,15,17). The third-order valence-electron chi connectivity index (χ3n) is 1.74. The van der Waals surface area contributed by atoms with Crippen LogP contribution in [0.5, 0.6) is 0 Å². The molecule has 0 saturated heterocycles. The Morgan fingerprint density at radius 2 is 2.06 bits per heavy atom. The first-order chi connectivity index (χ1) is 8.11. The van der Waals surface area contributed by atoms with Crippen molar-refractivity contribution in [2.45, 2.75) is 6.92 Å². The number of nitrogens with one attached hydrogen (secondary N) is 3. The highest BCUT2D eigenvalue weighted by atomic mass is 32.1. The van der Waals surface area contributed by atoms with Gasteiger partial charge in [0.25, 0.3) is 0 Å². The molecule has 0 aromatic heterocycles. The minimum atomic E-state index is -0.104. The third kappa shape index (κ3) is 5.05. The first-order valence-corrected chi connectivity index (χ1v) is 5.20. The van der Waals surface area contributed by atoms with Crippen molar-refractivity contribution in [3.63, 3.8) is 0 Å². The van der Waals surface area contributed by atoms with Crippen molar-refractivity contribution < 1.29 is 4.79 Å². The number of carbonyl (C=O) groups excluding carboxylic acids is 1. The highest BCUT2D eigenvalue weighted by Crippen LogP contribution is 2.07. The van der Waals surface area contributed by atoms with Crippen molar-refractivity contribution in [3.05, 3.63) is 29.8 Å². The van der Waals surface area contributed by atoms with Crippen LogP contribution < -0.4 is 22.0 Å². The van der Waals surface area contributed by atoms with Crippen LogP contribution in [-0.2, 0) is 4.79 Å². The molecule has 0 saturated carbocycles. The summed E-state index contributed by atoms with van der Waals surface area (Å²) in [4.78, 5) is 10.8. The van der Waals surface area contributed by atoms with Gasteiger partial charge in [-0.3, -0.25) is 15.6 Å². The Balaban J connectivity index is 2.56. The Labute approximate surface area is 104 Å². The highest BCUT2D eigenvalue weighted by Gasteiger charge is 1.94. The quantitative estimate of drug-likeness (QED) is 0.269. The lowest BCUT2D eigenvalue weighted by atomic mass is 10.2. The maximum Gasteiger partial charge on any atom is 0.221 e. The number of rotatable bonds is 3. The van der Waals surface area contributed by atoms with Crippen molar-refractivity contribution in [1.82, 2.24) is 10.9 Å². The maximum atomic E-state index is 10.8. The van der Waals surface area contributed by atoms with Gasteiger partial charge in [-0.1, -0.05) is 12.1 Å². The lowest BCUT2D eigenvalue weighted by Gasteiger charge is -2.02. The summed E-state index contributed by atoms with van der Waals surface area (Å²) in [6, 6.07) is 7.19. The maximum absolute atomic E-state index is 10.8. The third-order valence-corrected chi connectivity index (χ3v) is 1.95. The second-order valence-corrected chi connectivity index (χ2v) is 3.55. The number of anilines is 1. The number of thiocarbonyl (C=S) groups is 1. The smallest absolute Gasteiger partial charge is 0.221 e. The number of hydrazine groups is 1. The second kappa shape index (κ2) is 6.56. The van der Waals surface area contributed by atoms with Crippen molar-refractivity contribution in [2.24, 2.45) is 10.9 Å². The van der Waals surface area contributed by atoms with Crippen molar-refractivity contribution >= 4 is 35.1 Å². The van der Waals surface area contributed by atoms with Gasteiger partial charge in [-0.25, -0.2) is 5.84 Å². The lowest BCUT2D eigenvalue weighted by Crippen LogP contribution is -2.37. The Morgan fingerprint density at radius 1 is 1.41 bits per heavy atom. The normalized spacial score (nSPS) is 10.0. The van der Waals surface area contributed by atoms with Crippen LogP contribution >= 0.6 is 12.2 Å². The molecule has 0 fully saturated rings. The van der Waals surface area contributed by atoms with E-state index in [0.717, 1.165) is 11.3 Å². The zero-order valence-corrected chi connectivity index (χ0v) is 10.0. The first-order valence-electron chi connectivity index (χ1n) is 4.79. The number of amides is 1. The van der Waals surface area contributed by atoms with Gasteiger partial charge in [-0.05, 0) is 29.9 Å². The van der Waals surface area contributed by atoms with Gasteiger partial charge in [0.1, 0.15) is 0 Å². The molecular formula is C10H13N5OS. The van der Waals surface area contributed by atoms with E-state index in [-0.39, 0.29) is 11.0 Å². The number of carbonyl (C=O) groups is 1. The molecule has 6 nitrogen and oxygen atoms in total. The van der Waals surface area contributed by atoms with Crippen LogP contribution in [0.15, 0.2) is 29.4 Å². The molecule has 0 radical (unpaired) electrons. The van der Waals surface area contributed by atoms with E-state index >= 15 is 0 Å². The molecular weight excluding hydrogens is 238 g/mol. The topological polar surface area (TPSA) is 91.5 Å². The number of hydrazone groups is 1. The molecule has 0 aliphatic heterocycles. The Hall–Kier alpha value is -1.99. The molecule has 0 spiro atoms. The van der Waals surface area contributed by atoms with Crippen LogP contribution in [-0.4, -0.2) is 17.2 Å². The van der Waals surface area contributed by atoms with Crippen LogP contribution in [0.3, 0.4) is 0 Å². The molecule has 5 N–H and O–H groups in total. The Bertz CT molecular complexity index is 429. The average molecular weight is 251 g/mol. The summed E-state index contributed by atoms with van der Waals surface area (Å²) in [5.74, 6) is 4.95. The van der Waals surface area contributed by atoms with Crippen LogP contribution in [0, 0.1) is 0 Å². The van der Waals surface area contributed by atoms with Crippen LogP contribution in [0.2, 0.25) is 0 Å². The van der Waals surface area contributed by atoms with E-state index in [4.69, 9.17) is 18.1 Å². The zero-order chi connectivity index (χ0) is 12.7. The van der Waals surface area contributed by atoms with E-state index in [9.17, 15) is 4.79 Å². The molecule has 0 bridgehead atoms. The molecule has 1 rings (SSSR count). The molecule has 1 aromatic carbocycles. The fourth-order valence-electron chi connectivity index (χ4n) is 1.05. The summed E-state index contributed by atoms with van der Waals surface area (Å²) < 4.78 is 0. The molecule has 0 aliphatic rings. The largest absolute Gasteiger partial charge is 0.326 e. The average Bonchev–Trinajstić information content (AvgIpc) is 2.30. The molecule has 0 aliphatic carbocycles. The van der Waals surface area contributed by atoms with Gasteiger partial charge in [-0.15, -0.1) is 0 Å². The van der Waals surface area contributed by atoms with Gasteiger partial charge in [0.2, 0.25) is 11.0 Å². The molecule has 1 aromatic rings. The molecule has 17 heavy (non-hydrogen) atoms. The van der Waals surface area contributed by atoms with Crippen LogP contribution in [0.4, 0.5) is 5.69 Å². The van der Waals surface area contributed by atoms with Gasteiger partial charge in [0, 0.05) is 12.6 Å². The van der Waals surface area contributed by atoms with Gasteiger partial charge < -0.3 is 5.32 Å². The second-order valence-electron chi connectivity index (χ2n) is 3.15. The molecule has 7 heteroatoms. The first kappa shape index (κ1) is 13.1. The van der Waals surface area contributed by atoms with Crippen LogP contribution in [0.1, 0.15) is 12.5 Å². The molecule has 0 heterocycles. The molecule has 0 atom stereocenters. The molecule has 1 amide bonds. The van der Waals surface area contributed by atoms with Gasteiger partial charge >= 0.3 is 0 Å². The van der Waals surface area contributed by atoms with E-state index < -0.39 is 0 Å². The van der Waals surface area contributed by atoms with Crippen molar-refractivity contribution in [3.8, 4) is 0 Å². The van der Waals surface area contributed by atoms with E-state index in [1.165, 1.54) is 6.92 Å². The fourth-order valence-corrected chi connectivity index (χ4v) is 1.11. The van der Waals surface area contributed by atoms with Gasteiger partial charge in [0.15, 0.2) is 0 Å². The minimum Gasteiger partial charge on any atom is -0.326 e. The predicted octanol–water partition coefficient (Wildman–Crippen LogP) is 0.317. The predicted molar refractivity (Wildman–Crippen MR) is 71.4 cm³/mol. The number of hydrogen-bond acceptors (Lipinski definition) is 4. The summed E-state index contributed by atoms with van der Waals surface area (Å²) in [6.45, 7) is 1.46. The number of benzene rings is 1. The fraction of sp³-hybridized carbons (Fsp3) is 0.100. The minimum absolute atomic E-state index is 0.104. The summed E-state index contributed by atoms with van der Waals surface area (Å²) in [5, 5.41) is 6.76. The van der Waals surface area contributed by atoms with E-state index in [1.807, 2.05) is 12.1 Å². The monoisotopic (exact) mass is 251 g/mol. The summed E-state index contributed by atoms with van der Waals surface area (Å²) in [7, 11) is 0. The van der Waals surface area contributed by atoms with Crippen LogP contribution in [0.25, 0.3) is 0 Å². The van der Waals surface area contributed by atoms with E-state index in [2.05, 4.69) is 21.3 Å². The van der Waals surface area contributed by atoms with Crippen molar-refractivity contribution in [2.75, 3.05) is 5.32 Å². The highest BCUT2D eigenvalue weighted by molar-refractivity contribution is 7.80. The Morgan fingerprint density at radius 3 is 2.59 bits per heavy atom. The molecule has 90 valence electrons. The van der Waals surface area contributed by atoms with Gasteiger partial charge in [-0.2, -0.15) is 5.10 Å². The summed E-state index contributed by atoms with van der Waals surface area (Å²) in [6.07, 6.45) is 1.58. The van der Waals surface area contributed by atoms with Gasteiger partial charge in [0.05, 0.1) is 6.21 Å². The number of hydrogen-bond donors (Lipinski definition) is 4. The summed E-state index contributed by atoms with van der Waals surface area (Å²) in [5.41, 5.74) is 6.37.